The topological polar surface area (TPSA) is 13.1 Å². The molecule has 0 saturated heterocycles. The third-order valence-corrected chi connectivity index (χ3v) is 9.11. The number of fused-ring (bicyclic) bond motifs is 13. The van der Waals surface area contributed by atoms with Crippen molar-refractivity contribution in [2.75, 3.05) is 0 Å². The summed E-state index contributed by atoms with van der Waals surface area (Å²) in [5.74, 6) is -0.673. The highest BCUT2D eigenvalue weighted by Crippen LogP contribution is 2.64. The Balaban J connectivity index is 1.45. The van der Waals surface area contributed by atoms with Crippen molar-refractivity contribution < 1.29 is 13.2 Å². The minimum Gasteiger partial charge on any atom is -0.455 e. The molecule has 0 N–H and O–H groups in total. The molecular weight excluding hydrogens is 534 g/mol. The summed E-state index contributed by atoms with van der Waals surface area (Å²) in [7, 11) is 0. The predicted octanol–water partition coefficient (Wildman–Crippen LogP) is 10.5. The molecule has 9 rings (SSSR count). The first-order valence-corrected chi connectivity index (χ1v) is 13.9. The highest BCUT2D eigenvalue weighted by molar-refractivity contribution is 6.31. The van der Waals surface area contributed by atoms with Crippen LogP contribution in [-0.4, -0.2) is 0 Å². The second kappa shape index (κ2) is 7.93. The first-order valence-electron chi connectivity index (χ1n) is 13.5. The lowest BCUT2D eigenvalue weighted by Crippen LogP contribution is -2.26. The van der Waals surface area contributed by atoms with Gasteiger partial charge in [-0.15, -0.1) is 0 Å². The Hall–Kier alpha value is -4.73. The van der Waals surface area contributed by atoms with Crippen LogP contribution in [0.2, 0.25) is 5.02 Å². The van der Waals surface area contributed by atoms with E-state index >= 15 is 8.78 Å². The van der Waals surface area contributed by atoms with E-state index < -0.39 is 5.41 Å². The van der Waals surface area contributed by atoms with Gasteiger partial charge in [0.1, 0.15) is 22.8 Å². The third-order valence-electron chi connectivity index (χ3n) is 8.88. The van der Waals surface area contributed by atoms with Gasteiger partial charge in [-0.3, -0.25) is 0 Å². The van der Waals surface area contributed by atoms with Crippen molar-refractivity contribution in [1.29, 1.82) is 0 Å². The van der Waals surface area contributed by atoms with Gasteiger partial charge in [-0.2, -0.15) is 0 Å². The zero-order valence-electron chi connectivity index (χ0n) is 21.5. The second-order valence-corrected chi connectivity index (χ2v) is 11.3. The summed E-state index contributed by atoms with van der Waals surface area (Å²) in [6.07, 6.45) is 0. The lowest BCUT2D eigenvalue weighted by molar-refractivity contribution is 0.618. The van der Waals surface area contributed by atoms with Crippen LogP contribution in [0, 0.1) is 11.6 Å². The number of furan rings is 1. The van der Waals surface area contributed by atoms with Gasteiger partial charge in [0, 0.05) is 21.4 Å². The van der Waals surface area contributed by atoms with Gasteiger partial charge in [-0.25, -0.2) is 8.78 Å². The number of hydrogen-bond donors (Lipinski definition) is 0. The quantitative estimate of drug-likeness (QED) is 0.197. The highest BCUT2D eigenvalue weighted by atomic mass is 35.5. The fourth-order valence-corrected chi connectivity index (χ4v) is 7.55. The Kier molecular flexibility index (Phi) is 4.45. The minimum atomic E-state index is -0.928. The van der Waals surface area contributed by atoms with Crippen LogP contribution in [-0.2, 0) is 5.41 Å². The monoisotopic (exact) mass is 552 g/mol. The summed E-state index contributed by atoms with van der Waals surface area (Å²) in [5.41, 5.74) is 9.92. The van der Waals surface area contributed by atoms with E-state index in [9.17, 15) is 0 Å². The molecule has 0 bridgehead atoms. The Bertz CT molecular complexity index is 2210. The Labute approximate surface area is 239 Å². The molecule has 0 fully saturated rings. The maximum Gasteiger partial charge on any atom is 0.143 e. The van der Waals surface area contributed by atoms with E-state index in [0.29, 0.717) is 5.02 Å². The maximum absolute atomic E-state index is 15.0. The molecule has 0 amide bonds. The van der Waals surface area contributed by atoms with Gasteiger partial charge in [-0.1, -0.05) is 84.4 Å². The zero-order chi connectivity index (χ0) is 27.5. The Morgan fingerprint density at radius 3 is 1.93 bits per heavy atom. The summed E-state index contributed by atoms with van der Waals surface area (Å²) in [6.45, 7) is 0. The van der Waals surface area contributed by atoms with E-state index in [1.807, 2.05) is 42.5 Å². The maximum atomic E-state index is 15.0. The predicted molar refractivity (Wildman–Crippen MR) is 160 cm³/mol. The molecular formula is C37H19ClF2O. The molecule has 7 aromatic rings. The van der Waals surface area contributed by atoms with Crippen molar-refractivity contribution in [2.45, 2.75) is 5.41 Å². The van der Waals surface area contributed by atoms with Crippen molar-refractivity contribution in [1.82, 2.24) is 0 Å². The molecule has 6 aromatic carbocycles. The van der Waals surface area contributed by atoms with Gasteiger partial charge in [0.2, 0.25) is 0 Å². The highest BCUT2D eigenvalue weighted by Gasteiger charge is 2.52. The fourth-order valence-electron chi connectivity index (χ4n) is 7.38. The molecule has 2 aliphatic rings. The van der Waals surface area contributed by atoms with Crippen LogP contribution in [0.15, 0.2) is 120 Å². The minimum absolute atomic E-state index is 0.336. The van der Waals surface area contributed by atoms with Crippen molar-refractivity contribution in [3.8, 4) is 33.4 Å². The zero-order valence-corrected chi connectivity index (χ0v) is 22.3. The van der Waals surface area contributed by atoms with E-state index in [-0.39, 0.29) is 11.6 Å². The average molecular weight is 553 g/mol. The average Bonchev–Trinajstić information content (AvgIpc) is 3.60. The first-order chi connectivity index (χ1) is 20.1. The normalized spacial score (nSPS) is 13.9. The number of para-hydroxylation sites is 2. The Morgan fingerprint density at radius 1 is 0.512 bits per heavy atom. The molecule has 0 radical (unpaired) electrons. The van der Waals surface area contributed by atoms with Crippen molar-refractivity contribution >= 4 is 33.5 Å². The van der Waals surface area contributed by atoms with Crippen LogP contribution in [0.5, 0.6) is 0 Å². The summed E-state index contributed by atoms with van der Waals surface area (Å²) in [5, 5.41) is 2.67. The van der Waals surface area contributed by atoms with Gasteiger partial charge in [0.05, 0.1) is 5.41 Å². The van der Waals surface area contributed by atoms with E-state index in [0.717, 1.165) is 77.6 Å². The van der Waals surface area contributed by atoms with Gasteiger partial charge in [-0.05, 0) is 92.5 Å². The molecule has 1 nitrogen and oxygen atoms in total. The SMILES string of the molecule is Fc1ccc2c(c1)C1(c3cc(F)ccc3-2)c2cc(Cl)ccc2-c2c(-c3cccc4c3oc3ccccc34)cccc21. The van der Waals surface area contributed by atoms with E-state index in [4.69, 9.17) is 16.0 Å². The van der Waals surface area contributed by atoms with Gasteiger partial charge >= 0.3 is 0 Å². The van der Waals surface area contributed by atoms with Gasteiger partial charge < -0.3 is 4.42 Å². The van der Waals surface area contributed by atoms with Crippen molar-refractivity contribution in [3.63, 3.8) is 0 Å². The number of benzene rings is 6. The lowest BCUT2D eigenvalue weighted by atomic mass is 9.70. The van der Waals surface area contributed by atoms with Crippen molar-refractivity contribution in [2.24, 2.45) is 0 Å². The Morgan fingerprint density at radius 2 is 1.15 bits per heavy atom. The van der Waals surface area contributed by atoms with Crippen LogP contribution >= 0.6 is 11.6 Å². The van der Waals surface area contributed by atoms with Crippen LogP contribution in [0.3, 0.4) is 0 Å². The molecule has 0 atom stereocenters. The van der Waals surface area contributed by atoms with Gasteiger partial charge in [0.25, 0.3) is 0 Å². The van der Waals surface area contributed by atoms with E-state index in [1.54, 1.807) is 24.3 Å². The summed E-state index contributed by atoms with van der Waals surface area (Å²) < 4.78 is 36.5. The standard InChI is InChI=1S/C37H19ClF2O/c38-20-11-14-29-31(17-20)37(32-18-21(39)12-15-23(32)24-16-13-22(40)19-33(24)37)30-9-4-6-26(35(29)30)28-8-3-7-27-25-5-1-2-10-34(25)41-36(27)28/h1-19H. The molecule has 1 spiro atoms. The molecule has 2 aliphatic carbocycles. The number of halogens is 3. The van der Waals surface area contributed by atoms with Crippen molar-refractivity contribution in [3.05, 3.63) is 154 Å². The molecule has 41 heavy (non-hydrogen) atoms. The van der Waals surface area contributed by atoms with Crippen LogP contribution in [0.25, 0.3) is 55.3 Å². The molecule has 1 heterocycles. The second-order valence-electron chi connectivity index (χ2n) is 10.8. The van der Waals surface area contributed by atoms with Crippen LogP contribution < -0.4 is 0 Å². The molecule has 0 saturated carbocycles. The van der Waals surface area contributed by atoms with E-state index in [2.05, 4.69) is 36.4 Å². The molecule has 4 heteroatoms. The number of rotatable bonds is 1. The number of hydrogen-bond acceptors (Lipinski definition) is 1. The smallest absolute Gasteiger partial charge is 0.143 e. The third kappa shape index (κ3) is 2.84. The first kappa shape index (κ1) is 23.0. The van der Waals surface area contributed by atoms with E-state index in [1.165, 1.54) is 12.1 Å². The summed E-state index contributed by atoms with van der Waals surface area (Å²) in [4.78, 5) is 0. The summed E-state index contributed by atoms with van der Waals surface area (Å²) in [6, 6.07) is 36.1. The molecule has 1 aromatic heterocycles. The molecule has 194 valence electrons. The van der Waals surface area contributed by atoms with Gasteiger partial charge in [0.15, 0.2) is 0 Å². The largest absolute Gasteiger partial charge is 0.455 e. The summed E-state index contributed by atoms with van der Waals surface area (Å²) >= 11 is 6.66. The lowest BCUT2D eigenvalue weighted by Gasteiger charge is -2.30. The molecule has 0 unspecified atom stereocenters. The van der Waals surface area contributed by atoms with Crippen LogP contribution in [0.1, 0.15) is 22.3 Å². The fraction of sp³-hybridized carbons (Fsp3) is 0.0270. The molecule has 0 aliphatic heterocycles. The van der Waals surface area contributed by atoms with Crippen LogP contribution in [0.4, 0.5) is 8.78 Å².